The third kappa shape index (κ3) is 5.58. The van der Waals surface area contributed by atoms with Crippen molar-refractivity contribution in [3.8, 4) is 0 Å². The van der Waals surface area contributed by atoms with E-state index in [1.807, 2.05) is 0 Å². The van der Waals surface area contributed by atoms with Crippen molar-refractivity contribution in [2.75, 3.05) is 39.3 Å². The molecule has 0 atom stereocenters. The Morgan fingerprint density at radius 1 is 1.48 bits per heavy atom. The summed E-state index contributed by atoms with van der Waals surface area (Å²) in [7, 11) is 0. The predicted octanol–water partition coefficient (Wildman–Crippen LogP) is 1.10. The molecular formula is C12H19ClN4O3S. The summed E-state index contributed by atoms with van der Waals surface area (Å²) in [4.78, 5) is 24.2. The summed E-state index contributed by atoms with van der Waals surface area (Å²) < 4.78 is 0. The molecule has 2 heterocycles. The predicted molar refractivity (Wildman–Crippen MR) is 84.5 cm³/mol. The van der Waals surface area contributed by atoms with Crippen LogP contribution >= 0.6 is 23.7 Å². The molecule has 1 aliphatic rings. The van der Waals surface area contributed by atoms with Crippen LogP contribution in [0.15, 0.2) is 11.4 Å². The molecule has 0 aliphatic carbocycles. The van der Waals surface area contributed by atoms with Gasteiger partial charge in [-0.2, -0.15) is 0 Å². The molecule has 7 nitrogen and oxygen atoms in total. The van der Waals surface area contributed by atoms with E-state index < -0.39 is 4.92 Å². The molecule has 1 aromatic heterocycles. The van der Waals surface area contributed by atoms with Crippen LogP contribution in [0.1, 0.15) is 16.8 Å². The first kappa shape index (κ1) is 17.8. The normalized spacial score (nSPS) is 15.2. The lowest BCUT2D eigenvalue weighted by molar-refractivity contribution is -0.380. The van der Waals surface area contributed by atoms with Gasteiger partial charge in [0.1, 0.15) is 0 Å². The highest BCUT2D eigenvalue weighted by atomic mass is 35.5. The fourth-order valence-corrected chi connectivity index (χ4v) is 2.78. The lowest BCUT2D eigenvalue weighted by Gasteiger charge is -2.27. The van der Waals surface area contributed by atoms with E-state index in [0.717, 1.165) is 50.5 Å². The van der Waals surface area contributed by atoms with Gasteiger partial charge in [-0.25, -0.2) is 0 Å². The Hall–Kier alpha value is -1.22. The highest BCUT2D eigenvalue weighted by Crippen LogP contribution is 2.22. The third-order valence-corrected chi connectivity index (χ3v) is 4.05. The molecule has 0 spiro atoms. The van der Waals surface area contributed by atoms with Crippen molar-refractivity contribution in [2.45, 2.75) is 6.42 Å². The zero-order valence-electron chi connectivity index (χ0n) is 11.5. The summed E-state index contributed by atoms with van der Waals surface area (Å²) in [5.74, 6) is -0.241. The Kier molecular flexibility index (Phi) is 7.58. The molecule has 2 N–H and O–H groups in total. The number of thiophene rings is 1. The van der Waals surface area contributed by atoms with Crippen LogP contribution in [0, 0.1) is 10.1 Å². The summed E-state index contributed by atoms with van der Waals surface area (Å²) in [5, 5.41) is 18.1. The van der Waals surface area contributed by atoms with Crippen LogP contribution < -0.4 is 10.6 Å². The maximum atomic E-state index is 11.8. The Labute approximate surface area is 133 Å². The smallest absolute Gasteiger partial charge is 0.324 e. The molecular weight excluding hydrogens is 316 g/mol. The van der Waals surface area contributed by atoms with Crippen molar-refractivity contribution in [1.82, 2.24) is 15.5 Å². The average Bonchev–Trinajstić information content (AvgIpc) is 2.94. The van der Waals surface area contributed by atoms with Gasteiger partial charge in [-0.05, 0) is 13.0 Å². The van der Waals surface area contributed by atoms with Gasteiger partial charge in [-0.3, -0.25) is 14.9 Å². The van der Waals surface area contributed by atoms with Crippen LogP contribution in [0.2, 0.25) is 0 Å². The van der Waals surface area contributed by atoms with Gasteiger partial charge in [0.15, 0.2) is 0 Å². The minimum Gasteiger partial charge on any atom is -0.352 e. The fraction of sp³-hybridized carbons (Fsp3) is 0.583. The van der Waals surface area contributed by atoms with E-state index in [4.69, 9.17) is 0 Å². The van der Waals surface area contributed by atoms with Crippen molar-refractivity contribution >= 4 is 34.7 Å². The van der Waals surface area contributed by atoms with Gasteiger partial charge in [0.05, 0.1) is 10.5 Å². The Balaban J connectivity index is 0.00000220. The first-order valence-electron chi connectivity index (χ1n) is 6.61. The first-order valence-corrected chi connectivity index (χ1v) is 7.49. The molecule has 1 saturated heterocycles. The second kappa shape index (κ2) is 8.93. The van der Waals surface area contributed by atoms with E-state index in [-0.39, 0.29) is 23.3 Å². The van der Waals surface area contributed by atoms with Crippen molar-refractivity contribution < 1.29 is 9.72 Å². The lowest BCUT2D eigenvalue weighted by Crippen LogP contribution is -2.44. The fourth-order valence-electron chi connectivity index (χ4n) is 2.08. The Morgan fingerprint density at radius 2 is 2.19 bits per heavy atom. The summed E-state index contributed by atoms with van der Waals surface area (Å²) in [6, 6.07) is 1.32. The number of carbonyl (C=O) groups excluding carboxylic acids is 1. The van der Waals surface area contributed by atoms with Gasteiger partial charge in [-0.1, -0.05) is 11.3 Å². The second-order valence-corrected chi connectivity index (χ2v) is 5.52. The SMILES string of the molecule is Cl.O=C(NCCCN1CCNCC1)c1csc([N+](=O)[O-])c1. The van der Waals surface area contributed by atoms with Gasteiger partial charge >= 0.3 is 5.00 Å². The molecule has 1 fully saturated rings. The third-order valence-electron chi connectivity index (χ3n) is 3.17. The Morgan fingerprint density at radius 3 is 2.81 bits per heavy atom. The largest absolute Gasteiger partial charge is 0.352 e. The van der Waals surface area contributed by atoms with Crippen molar-refractivity contribution in [1.29, 1.82) is 0 Å². The number of rotatable bonds is 6. The summed E-state index contributed by atoms with van der Waals surface area (Å²) in [5.41, 5.74) is 0.365. The number of piperazine rings is 1. The topological polar surface area (TPSA) is 87.5 Å². The van der Waals surface area contributed by atoms with E-state index in [1.54, 1.807) is 0 Å². The van der Waals surface area contributed by atoms with Gasteiger partial charge in [0.25, 0.3) is 5.91 Å². The minimum absolute atomic E-state index is 0. The van der Waals surface area contributed by atoms with Crippen LogP contribution in [0.25, 0.3) is 0 Å². The molecule has 0 bridgehead atoms. The van der Waals surface area contributed by atoms with Gasteiger partial charge < -0.3 is 15.5 Å². The Bertz CT molecular complexity index is 477. The van der Waals surface area contributed by atoms with Crippen molar-refractivity contribution in [2.24, 2.45) is 0 Å². The van der Waals surface area contributed by atoms with Crippen LogP contribution in [0.3, 0.4) is 0 Å². The van der Waals surface area contributed by atoms with Crippen LogP contribution in [-0.4, -0.2) is 55.0 Å². The molecule has 1 aliphatic heterocycles. The molecule has 0 saturated carbocycles. The quantitative estimate of drug-likeness (QED) is 0.462. The first-order chi connectivity index (χ1) is 9.66. The maximum absolute atomic E-state index is 11.8. The van der Waals surface area contributed by atoms with E-state index in [9.17, 15) is 14.9 Å². The number of carbonyl (C=O) groups is 1. The molecule has 0 unspecified atom stereocenters. The summed E-state index contributed by atoms with van der Waals surface area (Å²) >= 11 is 0.973. The van der Waals surface area contributed by atoms with E-state index >= 15 is 0 Å². The van der Waals surface area contributed by atoms with Crippen LogP contribution in [0.4, 0.5) is 5.00 Å². The van der Waals surface area contributed by atoms with Crippen LogP contribution in [-0.2, 0) is 0 Å². The summed E-state index contributed by atoms with van der Waals surface area (Å²) in [6.07, 6.45) is 0.887. The molecule has 0 aromatic carbocycles. The number of nitro groups is 1. The number of nitrogens with zero attached hydrogens (tertiary/aromatic N) is 2. The number of nitrogens with one attached hydrogen (secondary N) is 2. The molecule has 21 heavy (non-hydrogen) atoms. The number of halogens is 1. The summed E-state index contributed by atoms with van der Waals surface area (Å²) in [6.45, 7) is 5.68. The lowest BCUT2D eigenvalue weighted by atomic mass is 10.3. The van der Waals surface area contributed by atoms with E-state index in [2.05, 4.69) is 15.5 Å². The average molecular weight is 335 g/mol. The molecule has 1 aromatic rings. The second-order valence-electron chi connectivity index (χ2n) is 4.63. The monoisotopic (exact) mass is 334 g/mol. The zero-order valence-corrected chi connectivity index (χ0v) is 13.2. The highest BCUT2D eigenvalue weighted by molar-refractivity contribution is 7.13. The van der Waals surface area contributed by atoms with Crippen LogP contribution in [0.5, 0.6) is 0 Å². The molecule has 9 heteroatoms. The zero-order chi connectivity index (χ0) is 14.4. The highest BCUT2D eigenvalue weighted by Gasteiger charge is 2.14. The number of amides is 1. The minimum atomic E-state index is -0.480. The maximum Gasteiger partial charge on any atom is 0.324 e. The number of hydrogen-bond acceptors (Lipinski definition) is 6. The van der Waals surface area contributed by atoms with E-state index in [1.165, 1.54) is 11.4 Å². The van der Waals surface area contributed by atoms with Gasteiger partial charge in [0, 0.05) is 44.2 Å². The van der Waals surface area contributed by atoms with E-state index in [0.29, 0.717) is 12.1 Å². The van der Waals surface area contributed by atoms with Crippen molar-refractivity contribution in [3.63, 3.8) is 0 Å². The molecule has 1 amide bonds. The molecule has 118 valence electrons. The van der Waals surface area contributed by atoms with Gasteiger partial charge in [-0.15, -0.1) is 12.4 Å². The van der Waals surface area contributed by atoms with Crippen molar-refractivity contribution in [3.05, 3.63) is 27.1 Å². The standard InChI is InChI=1S/C12H18N4O3S.ClH/c17-12(10-8-11(16(18)19)20-9-10)14-2-1-5-15-6-3-13-4-7-15;/h8-9,13H,1-7H2,(H,14,17);1H. The molecule has 2 rings (SSSR count). The number of hydrogen-bond donors (Lipinski definition) is 2. The van der Waals surface area contributed by atoms with Gasteiger partial charge in [0.2, 0.25) is 0 Å². The molecule has 0 radical (unpaired) electrons.